The van der Waals surface area contributed by atoms with Crippen LogP contribution in [0.15, 0.2) is 42.5 Å². The van der Waals surface area contributed by atoms with E-state index in [1.54, 1.807) is 0 Å². The molecule has 0 saturated carbocycles. The number of nitriles is 1. The lowest BCUT2D eigenvalue weighted by molar-refractivity contribution is -0.388. The molecule has 0 amide bonds. The largest absolute Gasteiger partial charge is 0.423 e. The molecule has 0 aliphatic rings. The average molecular weight is 292 g/mol. The molecule has 0 radical (unpaired) electrons. The summed E-state index contributed by atoms with van der Waals surface area (Å²) in [7, 11) is 0. The number of alkyl halides is 3. The van der Waals surface area contributed by atoms with Crippen LogP contribution >= 0.6 is 0 Å². The first-order chi connectivity index (χ1) is 9.82. The van der Waals surface area contributed by atoms with E-state index in [0.717, 1.165) is 12.1 Å². The Morgan fingerprint density at radius 1 is 1.05 bits per heavy atom. The number of hydrogen-bond donors (Lipinski definition) is 0. The molecule has 0 unspecified atom stereocenters. The molecule has 0 aromatic heterocycles. The van der Waals surface area contributed by atoms with Crippen LogP contribution in [0, 0.1) is 21.4 Å². The molecule has 0 aliphatic carbocycles. The Kier molecular flexibility index (Phi) is 3.63. The van der Waals surface area contributed by atoms with E-state index in [4.69, 9.17) is 5.26 Å². The summed E-state index contributed by atoms with van der Waals surface area (Å²) in [5.74, 6) is 0. The van der Waals surface area contributed by atoms with Crippen molar-refractivity contribution >= 4 is 5.69 Å². The van der Waals surface area contributed by atoms with Gasteiger partial charge >= 0.3 is 6.18 Å². The molecule has 0 bridgehead atoms. The van der Waals surface area contributed by atoms with E-state index in [1.165, 1.54) is 30.3 Å². The first kappa shape index (κ1) is 14.5. The smallest absolute Gasteiger partial charge is 0.258 e. The molecular formula is C14H7F3N2O2. The third-order valence-electron chi connectivity index (χ3n) is 2.85. The summed E-state index contributed by atoms with van der Waals surface area (Å²) in [5.41, 5.74) is -1.28. The highest BCUT2D eigenvalue weighted by atomic mass is 19.4. The molecule has 0 saturated heterocycles. The van der Waals surface area contributed by atoms with Gasteiger partial charge in [0.2, 0.25) is 0 Å². The van der Waals surface area contributed by atoms with Crippen molar-refractivity contribution < 1.29 is 18.1 Å². The fourth-order valence-electron chi connectivity index (χ4n) is 1.84. The second-order valence-electron chi connectivity index (χ2n) is 4.18. The minimum atomic E-state index is -4.81. The van der Waals surface area contributed by atoms with Gasteiger partial charge in [-0.1, -0.05) is 12.1 Å². The molecule has 0 heterocycles. The van der Waals surface area contributed by atoms with E-state index in [-0.39, 0.29) is 5.56 Å². The van der Waals surface area contributed by atoms with Gasteiger partial charge in [-0.2, -0.15) is 18.4 Å². The molecule has 106 valence electrons. The zero-order valence-corrected chi connectivity index (χ0v) is 10.4. The van der Waals surface area contributed by atoms with E-state index in [1.807, 2.05) is 6.07 Å². The highest BCUT2D eigenvalue weighted by Gasteiger charge is 2.38. The second-order valence-corrected chi connectivity index (χ2v) is 4.18. The van der Waals surface area contributed by atoms with Gasteiger partial charge in [0.05, 0.1) is 16.6 Å². The topological polar surface area (TPSA) is 66.9 Å². The van der Waals surface area contributed by atoms with Gasteiger partial charge < -0.3 is 0 Å². The van der Waals surface area contributed by atoms with Crippen LogP contribution in [0.2, 0.25) is 0 Å². The summed E-state index contributed by atoms with van der Waals surface area (Å²) < 4.78 is 38.6. The maximum absolute atomic E-state index is 12.9. The van der Waals surface area contributed by atoms with Crippen molar-refractivity contribution in [2.24, 2.45) is 0 Å². The van der Waals surface area contributed by atoms with Gasteiger partial charge in [-0.3, -0.25) is 10.1 Å². The average Bonchev–Trinajstić information content (AvgIpc) is 2.45. The van der Waals surface area contributed by atoms with Gasteiger partial charge in [0.15, 0.2) is 0 Å². The SMILES string of the molecule is N#Cc1ccc(-c2ccc([N+](=O)[O-])c(C(F)(F)F)c2)cc1. The van der Waals surface area contributed by atoms with Gasteiger partial charge in [0.25, 0.3) is 5.69 Å². The van der Waals surface area contributed by atoms with Gasteiger partial charge in [0, 0.05) is 6.07 Å². The number of benzene rings is 2. The Morgan fingerprint density at radius 2 is 1.62 bits per heavy atom. The van der Waals surface area contributed by atoms with Crippen LogP contribution in [-0.4, -0.2) is 4.92 Å². The predicted molar refractivity (Wildman–Crippen MR) is 68.2 cm³/mol. The summed E-state index contributed by atoms with van der Waals surface area (Å²) in [5, 5.41) is 19.3. The monoisotopic (exact) mass is 292 g/mol. The summed E-state index contributed by atoms with van der Waals surface area (Å²) >= 11 is 0. The highest BCUT2D eigenvalue weighted by molar-refractivity contribution is 5.67. The van der Waals surface area contributed by atoms with Crippen LogP contribution in [0.3, 0.4) is 0 Å². The van der Waals surface area contributed by atoms with Gasteiger partial charge in [-0.15, -0.1) is 0 Å². The van der Waals surface area contributed by atoms with Crippen LogP contribution in [0.4, 0.5) is 18.9 Å². The van der Waals surface area contributed by atoms with Crippen molar-refractivity contribution in [1.29, 1.82) is 5.26 Å². The Bertz CT molecular complexity index is 731. The molecule has 7 heteroatoms. The molecule has 2 aromatic carbocycles. The van der Waals surface area contributed by atoms with Gasteiger partial charge in [0.1, 0.15) is 5.56 Å². The Labute approximate surface area is 117 Å². The Balaban J connectivity index is 2.56. The lowest BCUT2D eigenvalue weighted by Gasteiger charge is -2.09. The number of nitro groups is 1. The third kappa shape index (κ3) is 3.00. The summed E-state index contributed by atoms with van der Waals surface area (Å²) in [6.07, 6.45) is -4.81. The van der Waals surface area contributed by atoms with Gasteiger partial charge in [-0.05, 0) is 35.4 Å². The quantitative estimate of drug-likeness (QED) is 0.616. The highest BCUT2D eigenvalue weighted by Crippen LogP contribution is 2.38. The van der Waals surface area contributed by atoms with Crippen LogP contribution in [-0.2, 0) is 6.18 Å². The first-order valence-corrected chi connectivity index (χ1v) is 5.69. The molecular weight excluding hydrogens is 285 g/mol. The fourth-order valence-corrected chi connectivity index (χ4v) is 1.84. The van der Waals surface area contributed by atoms with Crippen LogP contribution in [0.5, 0.6) is 0 Å². The van der Waals surface area contributed by atoms with Crippen molar-refractivity contribution in [2.75, 3.05) is 0 Å². The van der Waals surface area contributed by atoms with E-state index in [2.05, 4.69) is 0 Å². The van der Waals surface area contributed by atoms with E-state index in [9.17, 15) is 23.3 Å². The van der Waals surface area contributed by atoms with Gasteiger partial charge in [-0.25, -0.2) is 0 Å². The third-order valence-corrected chi connectivity index (χ3v) is 2.85. The molecule has 2 rings (SSSR count). The minimum Gasteiger partial charge on any atom is -0.258 e. The maximum atomic E-state index is 12.9. The van der Waals surface area contributed by atoms with Crippen LogP contribution in [0.1, 0.15) is 11.1 Å². The van der Waals surface area contributed by atoms with E-state index in [0.29, 0.717) is 11.1 Å². The molecule has 2 aromatic rings. The number of nitrogens with zero attached hydrogens (tertiary/aromatic N) is 2. The number of rotatable bonds is 2. The van der Waals surface area contributed by atoms with Crippen molar-refractivity contribution in [2.45, 2.75) is 6.18 Å². The van der Waals surface area contributed by atoms with Crippen molar-refractivity contribution in [3.63, 3.8) is 0 Å². The summed E-state index contributed by atoms with van der Waals surface area (Å²) in [4.78, 5) is 9.61. The molecule has 0 aliphatic heterocycles. The molecule has 4 nitrogen and oxygen atoms in total. The minimum absolute atomic E-state index is 0.192. The summed E-state index contributed by atoms with van der Waals surface area (Å²) in [6, 6.07) is 10.6. The summed E-state index contributed by atoms with van der Waals surface area (Å²) in [6.45, 7) is 0. The number of nitro benzene ring substituents is 1. The second kappa shape index (κ2) is 5.25. The lowest BCUT2D eigenvalue weighted by Crippen LogP contribution is -2.09. The zero-order chi connectivity index (χ0) is 15.6. The predicted octanol–water partition coefficient (Wildman–Crippen LogP) is 4.15. The van der Waals surface area contributed by atoms with E-state index < -0.39 is 22.4 Å². The Morgan fingerprint density at radius 3 is 2.10 bits per heavy atom. The normalized spacial score (nSPS) is 11.0. The molecule has 0 N–H and O–H groups in total. The van der Waals surface area contributed by atoms with Crippen molar-refractivity contribution in [1.82, 2.24) is 0 Å². The van der Waals surface area contributed by atoms with Crippen molar-refractivity contribution in [3.8, 4) is 17.2 Å². The maximum Gasteiger partial charge on any atom is 0.423 e. The fraction of sp³-hybridized carbons (Fsp3) is 0.0714. The first-order valence-electron chi connectivity index (χ1n) is 5.69. The van der Waals surface area contributed by atoms with Crippen LogP contribution < -0.4 is 0 Å². The van der Waals surface area contributed by atoms with Crippen molar-refractivity contribution in [3.05, 3.63) is 63.7 Å². The number of hydrogen-bond acceptors (Lipinski definition) is 3. The standard InChI is InChI=1S/C14H7F3N2O2/c15-14(16,17)12-7-11(5-6-13(12)19(20)21)10-3-1-9(8-18)2-4-10/h1-7H. The zero-order valence-electron chi connectivity index (χ0n) is 10.4. The van der Waals surface area contributed by atoms with Crippen LogP contribution in [0.25, 0.3) is 11.1 Å². The number of halogens is 3. The molecule has 0 spiro atoms. The lowest BCUT2D eigenvalue weighted by atomic mass is 10.0. The molecule has 0 fully saturated rings. The molecule has 21 heavy (non-hydrogen) atoms. The van der Waals surface area contributed by atoms with E-state index >= 15 is 0 Å². The Hall–Kier alpha value is -2.88. The molecule has 0 atom stereocenters.